The predicted octanol–water partition coefficient (Wildman–Crippen LogP) is 3.37. The Labute approximate surface area is 203 Å². The minimum absolute atomic E-state index is 0.235. The summed E-state index contributed by atoms with van der Waals surface area (Å²) in [6.07, 6.45) is 0.0301. The zero-order valence-electron chi connectivity index (χ0n) is 19.2. The lowest BCUT2D eigenvalue weighted by Gasteiger charge is -2.49. The molecule has 2 saturated heterocycles. The third-order valence-corrected chi connectivity index (χ3v) is 6.19. The van der Waals surface area contributed by atoms with Crippen molar-refractivity contribution < 1.29 is 33.6 Å². The van der Waals surface area contributed by atoms with E-state index in [1.54, 1.807) is 12.3 Å². The number of fused-ring (bicyclic) bond motifs is 1. The molecule has 1 N–H and O–H groups in total. The number of aromatic nitrogens is 1. The minimum Gasteiger partial charge on any atom is -0.465 e. The lowest BCUT2D eigenvalue weighted by Crippen LogP contribution is -2.59. The molecular weight excluding hydrogens is 450 g/mol. The summed E-state index contributed by atoms with van der Waals surface area (Å²) in [5.41, 5.74) is 2.83. The molecule has 8 heteroatoms. The van der Waals surface area contributed by atoms with Gasteiger partial charge < -0.3 is 28.8 Å². The number of hydrogen-bond acceptors (Lipinski definition) is 8. The van der Waals surface area contributed by atoms with E-state index in [2.05, 4.69) is 4.98 Å². The van der Waals surface area contributed by atoms with Gasteiger partial charge >= 0.3 is 5.97 Å². The smallest absolute Gasteiger partial charge is 0.339 e. The number of pyridine rings is 1. The van der Waals surface area contributed by atoms with Crippen LogP contribution in [0.5, 0.6) is 0 Å². The highest BCUT2D eigenvalue weighted by atomic mass is 16.8. The van der Waals surface area contributed by atoms with Crippen LogP contribution < -0.4 is 0 Å². The molecule has 5 rings (SSSR count). The fourth-order valence-electron chi connectivity index (χ4n) is 4.48. The van der Waals surface area contributed by atoms with Crippen molar-refractivity contribution in [2.75, 3.05) is 13.7 Å². The fourth-order valence-corrected chi connectivity index (χ4v) is 4.48. The monoisotopic (exact) mass is 477 g/mol. The SMILES string of the molecule is COC(=O)c1cncc(CC2OC(c3ccccc3)OC3C(CO)OC(c4ccccc4)OC23)c1. The summed E-state index contributed by atoms with van der Waals surface area (Å²) in [5.74, 6) is -0.459. The first-order chi connectivity index (χ1) is 17.2. The molecule has 0 aliphatic carbocycles. The topological polar surface area (TPSA) is 96.3 Å². The number of esters is 1. The van der Waals surface area contributed by atoms with E-state index in [1.807, 2.05) is 60.7 Å². The molecule has 8 nitrogen and oxygen atoms in total. The molecule has 6 unspecified atom stereocenters. The summed E-state index contributed by atoms with van der Waals surface area (Å²) in [5, 5.41) is 10.2. The highest BCUT2D eigenvalue weighted by Crippen LogP contribution is 2.41. The van der Waals surface area contributed by atoms with Crippen LogP contribution in [0, 0.1) is 0 Å². The van der Waals surface area contributed by atoms with Crippen LogP contribution in [0.2, 0.25) is 0 Å². The highest BCUT2D eigenvalue weighted by Gasteiger charge is 2.50. The molecular formula is C27H27NO7. The van der Waals surface area contributed by atoms with Gasteiger partial charge in [-0.25, -0.2) is 4.79 Å². The second-order valence-corrected chi connectivity index (χ2v) is 8.50. The first-order valence-electron chi connectivity index (χ1n) is 11.5. The van der Waals surface area contributed by atoms with Gasteiger partial charge in [-0.3, -0.25) is 4.98 Å². The Morgan fingerprint density at radius 1 is 0.857 bits per heavy atom. The van der Waals surface area contributed by atoms with Gasteiger partial charge in [-0.15, -0.1) is 0 Å². The molecule has 0 bridgehead atoms. The maximum absolute atomic E-state index is 12.0. The van der Waals surface area contributed by atoms with Crippen molar-refractivity contribution in [2.45, 2.75) is 43.4 Å². The first kappa shape index (κ1) is 23.6. The molecule has 2 aromatic carbocycles. The van der Waals surface area contributed by atoms with Crippen molar-refractivity contribution in [2.24, 2.45) is 0 Å². The number of methoxy groups -OCH3 is 1. The van der Waals surface area contributed by atoms with Crippen molar-refractivity contribution in [1.29, 1.82) is 0 Å². The second-order valence-electron chi connectivity index (χ2n) is 8.50. The van der Waals surface area contributed by atoms with Crippen LogP contribution in [0.25, 0.3) is 0 Å². The van der Waals surface area contributed by atoms with E-state index < -0.39 is 43.0 Å². The van der Waals surface area contributed by atoms with Crippen LogP contribution in [-0.2, 0) is 30.1 Å². The predicted molar refractivity (Wildman–Crippen MR) is 124 cm³/mol. The van der Waals surface area contributed by atoms with Gasteiger partial charge in [0.15, 0.2) is 12.6 Å². The van der Waals surface area contributed by atoms with Crippen LogP contribution >= 0.6 is 0 Å². The van der Waals surface area contributed by atoms with Crippen LogP contribution in [-0.4, -0.2) is 54.2 Å². The number of aliphatic hydroxyl groups is 1. The molecule has 0 amide bonds. The maximum Gasteiger partial charge on any atom is 0.339 e. The standard InChI is InChI=1S/C27H27NO7/c1-31-25(30)20-12-17(14-28-15-20)13-21-23-24(35-26(32-21)18-8-4-2-5-9-18)22(16-29)33-27(34-23)19-10-6-3-7-11-19/h2-12,14-15,21-24,26-27,29H,13,16H2,1H3. The largest absolute Gasteiger partial charge is 0.465 e. The molecule has 3 heterocycles. The summed E-state index contributed by atoms with van der Waals surface area (Å²) in [6, 6.07) is 20.9. The Kier molecular flexibility index (Phi) is 7.17. The lowest BCUT2D eigenvalue weighted by atomic mass is 9.94. The Bertz CT molecular complexity index is 1130. The van der Waals surface area contributed by atoms with Gasteiger partial charge in [-0.1, -0.05) is 60.7 Å². The van der Waals surface area contributed by atoms with E-state index in [1.165, 1.54) is 13.3 Å². The molecule has 2 aliphatic heterocycles. The van der Waals surface area contributed by atoms with E-state index in [0.29, 0.717) is 12.0 Å². The number of rotatable bonds is 6. The van der Waals surface area contributed by atoms with Crippen molar-refractivity contribution in [3.05, 3.63) is 101 Å². The number of aliphatic hydroxyl groups excluding tert-OH is 1. The Morgan fingerprint density at radius 3 is 2.00 bits per heavy atom. The summed E-state index contributed by atoms with van der Waals surface area (Å²) >= 11 is 0. The summed E-state index contributed by atoms with van der Waals surface area (Å²) in [4.78, 5) is 16.2. The first-order valence-corrected chi connectivity index (χ1v) is 11.5. The van der Waals surface area contributed by atoms with Crippen molar-refractivity contribution in [1.82, 2.24) is 4.98 Å². The van der Waals surface area contributed by atoms with Crippen molar-refractivity contribution >= 4 is 5.97 Å². The third-order valence-electron chi connectivity index (χ3n) is 6.19. The minimum atomic E-state index is -0.683. The Hall–Kier alpha value is -3.14. The van der Waals surface area contributed by atoms with Crippen molar-refractivity contribution in [3.63, 3.8) is 0 Å². The Balaban J connectivity index is 1.47. The van der Waals surface area contributed by atoms with E-state index in [-0.39, 0.29) is 6.61 Å². The zero-order valence-corrected chi connectivity index (χ0v) is 19.2. The van der Waals surface area contributed by atoms with E-state index >= 15 is 0 Å². The molecule has 0 saturated carbocycles. The van der Waals surface area contributed by atoms with Crippen LogP contribution in [0.3, 0.4) is 0 Å². The second kappa shape index (κ2) is 10.6. The van der Waals surface area contributed by atoms with Crippen LogP contribution in [0.4, 0.5) is 0 Å². The molecule has 182 valence electrons. The number of hydrogen-bond donors (Lipinski definition) is 1. The number of carbonyl (C=O) groups is 1. The molecule has 2 fully saturated rings. The molecule has 0 radical (unpaired) electrons. The van der Waals surface area contributed by atoms with Gasteiger partial charge in [0.25, 0.3) is 0 Å². The highest BCUT2D eigenvalue weighted by molar-refractivity contribution is 5.89. The lowest BCUT2D eigenvalue weighted by molar-refractivity contribution is -0.384. The van der Waals surface area contributed by atoms with Crippen molar-refractivity contribution in [3.8, 4) is 0 Å². The molecule has 1 aromatic heterocycles. The molecule has 0 spiro atoms. The van der Waals surface area contributed by atoms with Gasteiger partial charge in [0, 0.05) is 29.9 Å². The fraction of sp³-hybridized carbons (Fsp3) is 0.333. The maximum atomic E-state index is 12.0. The summed E-state index contributed by atoms with van der Waals surface area (Å²) < 4.78 is 30.0. The van der Waals surface area contributed by atoms with E-state index in [0.717, 1.165) is 16.7 Å². The van der Waals surface area contributed by atoms with Gasteiger partial charge in [-0.2, -0.15) is 0 Å². The van der Waals surface area contributed by atoms with E-state index in [9.17, 15) is 9.90 Å². The van der Waals surface area contributed by atoms with Crippen LogP contribution in [0.1, 0.15) is 39.6 Å². The average molecular weight is 478 g/mol. The van der Waals surface area contributed by atoms with Gasteiger partial charge in [0.2, 0.25) is 0 Å². The van der Waals surface area contributed by atoms with Crippen LogP contribution in [0.15, 0.2) is 79.1 Å². The molecule has 2 aliphatic rings. The third kappa shape index (κ3) is 5.12. The quantitative estimate of drug-likeness (QED) is 0.540. The summed E-state index contributed by atoms with van der Waals surface area (Å²) in [7, 11) is 1.33. The normalized spacial score (nSPS) is 28.2. The Morgan fingerprint density at radius 2 is 1.43 bits per heavy atom. The van der Waals surface area contributed by atoms with Gasteiger partial charge in [0.1, 0.15) is 18.3 Å². The molecule has 3 aromatic rings. The number of ether oxygens (including phenoxy) is 5. The average Bonchev–Trinajstić information content (AvgIpc) is 2.93. The number of benzene rings is 2. The van der Waals surface area contributed by atoms with Gasteiger partial charge in [0.05, 0.1) is 25.4 Å². The van der Waals surface area contributed by atoms with Gasteiger partial charge in [-0.05, 0) is 11.6 Å². The molecule has 6 atom stereocenters. The number of carbonyl (C=O) groups excluding carboxylic acids is 1. The van der Waals surface area contributed by atoms with E-state index in [4.69, 9.17) is 23.7 Å². The molecule has 35 heavy (non-hydrogen) atoms. The zero-order chi connectivity index (χ0) is 24.2. The summed E-state index contributed by atoms with van der Waals surface area (Å²) in [6.45, 7) is -0.235. The number of nitrogens with zero attached hydrogens (tertiary/aromatic N) is 1.